The Kier molecular flexibility index (Phi) is 9.56. The molecule has 1 aliphatic rings. The van der Waals surface area contributed by atoms with E-state index in [-0.39, 0.29) is 11.2 Å². The van der Waals surface area contributed by atoms with Crippen LogP contribution in [-0.4, -0.2) is 34.2 Å². The van der Waals surface area contributed by atoms with Crippen LogP contribution in [0.4, 0.5) is 4.79 Å². The van der Waals surface area contributed by atoms with Crippen molar-refractivity contribution in [2.75, 3.05) is 13.2 Å². The second-order valence-corrected chi connectivity index (χ2v) is 7.86. The molecule has 6 heteroatoms. The van der Waals surface area contributed by atoms with E-state index in [0.717, 1.165) is 49.0 Å². The average molecular weight is 406 g/mol. The van der Waals surface area contributed by atoms with Gasteiger partial charge >= 0.3 is 5.97 Å². The molecule has 0 saturated carbocycles. The fourth-order valence-electron chi connectivity index (χ4n) is 2.72. The molecule has 0 radical (unpaired) electrons. The Balaban J connectivity index is 1.67. The van der Waals surface area contributed by atoms with E-state index in [2.05, 4.69) is 6.92 Å². The predicted octanol–water partition coefficient (Wildman–Crippen LogP) is 5.82. The standard InChI is InChI=1S/C21H27NO3S2/c1-2-3-10-15-25-19(23)13-8-5-9-14-22-20(26)18(27-21(22)24)16-17-11-6-4-7-12-17/h4,6-7,11-12,16H,2-3,5,8-10,13-15H2,1H3/b18-16+. The molecular formula is C21H27NO3S2. The Morgan fingerprint density at radius 3 is 2.67 bits per heavy atom. The minimum Gasteiger partial charge on any atom is -0.466 e. The van der Waals surface area contributed by atoms with E-state index in [1.165, 1.54) is 11.8 Å². The molecule has 4 nitrogen and oxygen atoms in total. The first-order valence-electron chi connectivity index (χ1n) is 9.58. The molecule has 1 aromatic carbocycles. The minimum absolute atomic E-state index is 0.0162. The average Bonchev–Trinajstić information content (AvgIpc) is 2.93. The lowest BCUT2D eigenvalue weighted by Gasteiger charge is -2.14. The summed E-state index contributed by atoms with van der Waals surface area (Å²) >= 11 is 6.66. The number of unbranched alkanes of at least 4 members (excludes halogenated alkanes) is 4. The Labute approximate surface area is 171 Å². The SMILES string of the molecule is CCCCCOC(=O)CCCCCN1C(=O)S/C(=C/c2ccccc2)C1=S. The summed E-state index contributed by atoms with van der Waals surface area (Å²) < 4.78 is 5.19. The van der Waals surface area contributed by atoms with Gasteiger partial charge in [-0.1, -0.05) is 68.7 Å². The third-order valence-corrected chi connectivity index (χ3v) is 5.74. The number of esters is 1. The van der Waals surface area contributed by atoms with E-state index in [1.54, 1.807) is 4.90 Å². The van der Waals surface area contributed by atoms with Gasteiger partial charge in [-0.2, -0.15) is 0 Å². The number of hydrogen-bond acceptors (Lipinski definition) is 5. The van der Waals surface area contributed by atoms with Crippen LogP contribution in [0.3, 0.4) is 0 Å². The molecule has 0 aromatic heterocycles. The molecule has 0 bridgehead atoms. The van der Waals surface area contributed by atoms with Crippen LogP contribution in [0.1, 0.15) is 57.4 Å². The number of thiocarbonyl (C=S) groups is 1. The zero-order valence-corrected chi connectivity index (χ0v) is 17.4. The lowest BCUT2D eigenvalue weighted by atomic mass is 10.2. The van der Waals surface area contributed by atoms with E-state index < -0.39 is 0 Å². The summed E-state index contributed by atoms with van der Waals surface area (Å²) in [6, 6.07) is 9.86. The van der Waals surface area contributed by atoms with Gasteiger partial charge in [-0.05, 0) is 42.7 Å². The van der Waals surface area contributed by atoms with Gasteiger partial charge in [0.25, 0.3) is 5.24 Å². The van der Waals surface area contributed by atoms with Gasteiger partial charge in [-0.25, -0.2) is 0 Å². The van der Waals surface area contributed by atoms with E-state index in [4.69, 9.17) is 17.0 Å². The molecule has 27 heavy (non-hydrogen) atoms. The van der Waals surface area contributed by atoms with Crippen molar-refractivity contribution in [2.45, 2.75) is 51.9 Å². The van der Waals surface area contributed by atoms with E-state index in [1.807, 2.05) is 36.4 Å². The van der Waals surface area contributed by atoms with Gasteiger partial charge in [-0.15, -0.1) is 0 Å². The van der Waals surface area contributed by atoms with Gasteiger partial charge in [0.15, 0.2) is 0 Å². The molecule has 1 amide bonds. The molecule has 0 N–H and O–H groups in total. The maximum Gasteiger partial charge on any atom is 0.305 e. The fraction of sp³-hybridized carbons (Fsp3) is 0.476. The lowest BCUT2D eigenvalue weighted by Crippen LogP contribution is -2.27. The highest BCUT2D eigenvalue weighted by molar-refractivity contribution is 8.19. The van der Waals surface area contributed by atoms with Crippen molar-refractivity contribution in [3.8, 4) is 0 Å². The van der Waals surface area contributed by atoms with E-state index >= 15 is 0 Å². The van der Waals surface area contributed by atoms with Crippen molar-refractivity contribution in [1.82, 2.24) is 4.90 Å². The van der Waals surface area contributed by atoms with Gasteiger partial charge in [0, 0.05) is 13.0 Å². The van der Waals surface area contributed by atoms with Crippen LogP contribution in [0, 0.1) is 0 Å². The normalized spacial score (nSPS) is 15.6. The van der Waals surface area contributed by atoms with Crippen molar-refractivity contribution < 1.29 is 14.3 Å². The fourth-order valence-corrected chi connectivity index (χ4v) is 4.01. The lowest BCUT2D eigenvalue weighted by molar-refractivity contribution is -0.143. The molecule has 0 unspecified atom stereocenters. The number of carbonyl (C=O) groups excluding carboxylic acids is 2. The summed E-state index contributed by atoms with van der Waals surface area (Å²) in [4.78, 5) is 26.9. The van der Waals surface area contributed by atoms with Crippen molar-refractivity contribution in [1.29, 1.82) is 0 Å². The maximum atomic E-state index is 12.2. The van der Waals surface area contributed by atoms with Gasteiger partial charge in [-0.3, -0.25) is 14.5 Å². The molecule has 1 fully saturated rings. The van der Waals surface area contributed by atoms with Crippen LogP contribution in [-0.2, 0) is 9.53 Å². The number of rotatable bonds is 11. The Morgan fingerprint density at radius 1 is 1.15 bits per heavy atom. The summed E-state index contributed by atoms with van der Waals surface area (Å²) in [5.74, 6) is -0.123. The van der Waals surface area contributed by atoms with Crippen molar-refractivity contribution in [3.05, 3.63) is 40.8 Å². The highest BCUT2D eigenvalue weighted by atomic mass is 32.2. The molecule has 0 spiro atoms. The van der Waals surface area contributed by atoms with Crippen molar-refractivity contribution in [3.63, 3.8) is 0 Å². The third kappa shape index (κ3) is 7.46. The molecule has 1 saturated heterocycles. The number of hydrogen-bond donors (Lipinski definition) is 0. The quantitative estimate of drug-likeness (QED) is 0.201. The number of nitrogens with zero attached hydrogens (tertiary/aromatic N) is 1. The Bertz CT molecular complexity index is 673. The first-order chi connectivity index (χ1) is 13.1. The van der Waals surface area contributed by atoms with Crippen LogP contribution in [0.15, 0.2) is 35.2 Å². The van der Waals surface area contributed by atoms with E-state index in [0.29, 0.717) is 24.6 Å². The van der Waals surface area contributed by atoms with E-state index in [9.17, 15) is 9.59 Å². The number of ether oxygens (including phenoxy) is 1. The molecule has 1 aromatic rings. The van der Waals surface area contributed by atoms with Crippen LogP contribution >= 0.6 is 24.0 Å². The zero-order valence-electron chi connectivity index (χ0n) is 15.8. The maximum absolute atomic E-state index is 12.2. The van der Waals surface area contributed by atoms with Crippen LogP contribution in [0.2, 0.25) is 0 Å². The molecule has 1 aliphatic heterocycles. The number of thioether (sulfide) groups is 1. The summed E-state index contributed by atoms with van der Waals surface area (Å²) in [5, 5.41) is -0.0162. The second kappa shape index (κ2) is 11.9. The predicted molar refractivity (Wildman–Crippen MR) is 116 cm³/mol. The van der Waals surface area contributed by atoms with Gasteiger partial charge in [0.05, 0.1) is 11.5 Å². The van der Waals surface area contributed by atoms with Gasteiger partial charge in [0.1, 0.15) is 4.99 Å². The molecule has 1 heterocycles. The molecular weight excluding hydrogens is 378 g/mol. The second-order valence-electron chi connectivity index (χ2n) is 6.48. The Morgan fingerprint density at radius 2 is 1.93 bits per heavy atom. The van der Waals surface area contributed by atoms with Crippen LogP contribution in [0.25, 0.3) is 6.08 Å². The summed E-state index contributed by atoms with van der Waals surface area (Å²) in [6.45, 7) is 3.25. The van der Waals surface area contributed by atoms with Crippen molar-refractivity contribution >= 4 is 46.3 Å². The van der Waals surface area contributed by atoms with Crippen LogP contribution < -0.4 is 0 Å². The summed E-state index contributed by atoms with van der Waals surface area (Å²) in [6.07, 6.45) is 8.03. The smallest absolute Gasteiger partial charge is 0.305 e. The first kappa shape index (κ1) is 21.6. The van der Waals surface area contributed by atoms with Crippen LogP contribution in [0.5, 0.6) is 0 Å². The molecule has 0 aliphatic carbocycles. The third-order valence-electron chi connectivity index (χ3n) is 4.24. The van der Waals surface area contributed by atoms with Crippen molar-refractivity contribution in [2.24, 2.45) is 0 Å². The highest BCUT2D eigenvalue weighted by Crippen LogP contribution is 2.33. The molecule has 146 valence electrons. The summed E-state index contributed by atoms with van der Waals surface area (Å²) in [7, 11) is 0. The zero-order chi connectivity index (χ0) is 19.5. The number of amides is 1. The minimum atomic E-state index is -0.123. The first-order valence-corrected chi connectivity index (χ1v) is 10.8. The monoisotopic (exact) mass is 405 g/mol. The highest BCUT2D eigenvalue weighted by Gasteiger charge is 2.30. The number of benzene rings is 1. The van der Waals surface area contributed by atoms with Gasteiger partial charge < -0.3 is 4.74 Å². The largest absolute Gasteiger partial charge is 0.466 e. The van der Waals surface area contributed by atoms with Gasteiger partial charge in [0.2, 0.25) is 0 Å². The molecule has 2 rings (SSSR count). The Hall–Kier alpha value is -1.66. The summed E-state index contributed by atoms with van der Waals surface area (Å²) in [5.41, 5.74) is 1.04. The topological polar surface area (TPSA) is 46.6 Å². The number of carbonyl (C=O) groups is 2. The molecule has 0 atom stereocenters.